The second kappa shape index (κ2) is 3.62. The maximum Gasteiger partial charge on any atom is 0.313 e. The lowest BCUT2D eigenvalue weighted by atomic mass is 10.2. The highest BCUT2D eigenvalue weighted by Crippen LogP contribution is 2.18. The van der Waals surface area contributed by atoms with Crippen LogP contribution in [0.2, 0.25) is 0 Å². The molecule has 2 N–H and O–H groups in total. The first-order chi connectivity index (χ1) is 5.59. The Hall–Kier alpha value is -0.970. The fourth-order valence-corrected chi connectivity index (χ4v) is 0.835. The van der Waals surface area contributed by atoms with E-state index in [-0.39, 0.29) is 6.04 Å². The van der Waals surface area contributed by atoms with E-state index in [1.807, 2.05) is 0 Å². The zero-order chi connectivity index (χ0) is 9.14. The molecule has 0 aliphatic carbocycles. The van der Waals surface area contributed by atoms with Gasteiger partial charge >= 0.3 is 6.43 Å². The molecule has 0 spiro atoms. The lowest BCUT2D eigenvalue weighted by Crippen LogP contribution is -2.17. The first-order valence-corrected chi connectivity index (χ1v) is 3.58. The van der Waals surface area contributed by atoms with Crippen LogP contribution >= 0.6 is 0 Å². The van der Waals surface area contributed by atoms with Gasteiger partial charge in [0.1, 0.15) is 5.76 Å². The van der Waals surface area contributed by atoms with Crippen molar-refractivity contribution in [1.82, 2.24) is 4.98 Å². The molecule has 3 nitrogen and oxygen atoms in total. The molecule has 0 aromatic carbocycles. The fourth-order valence-electron chi connectivity index (χ4n) is 0.835. The largest absolute Gasteiger partial charge is 0.440 e. The molecule has 1 aromatic heterocycles. The number of hydrogen-bond donors (Lipinski definition) is 1. The van der Waals surface area contributed by atoms with Crippen molar-refractivity contribution in [2.45, 2.75) is 25.8 Å². The van der Waals surface area contributed by atoms with Crippen LogP contribution in [0.15, 0.2) is 10.6 Å². The lowest BCUT2D eigenvalue weighted by molar-refractivity contribution is 0.113. The molecule has 1 heterocycles. The van der Waals surface area contributed by atoms with Gasteiger partial charge in [-0.05, 0) is 6.92 Å². The third-order valence-corrected chi connectivity index (χ3v) is 1.28. The monoisotopic (exact) mass is 176 g/mol. The van der Waals surface area contributed by atoms with E-state index in [4.69, 9.17) is 10.2 Å². The molecule has 5 heteroatoms. The number of oxazole rings is 1. The number of aromatic nitrogens is 1. The van der Waals surface area contributed by atoms with Crippen LogP contribution in [-0.2, 0) is 6.42 Å². The predicted molar refractivity (Wildman–Crippen MR) is 38.8 cm³/mol. The normalized spacial score (nSPS) is 13.8. The summed E-state index contributed by atoms with van der Waals surface area (Å²) in [4.78, 5) is 3.40. The number of hydrogen-bond acceptors (Lipinski definition) is 3. The van der Waals surface area contributed by atoms with Gasteiger partial charge in [0.2, 0.25) is 0 Å². The van der Waals surface area contributed by atoms with Gasteiger partial charge in [-0.2, -0.15) is 8.78 Å². The van der Waals surface area contributed by atoms with E-state index < -0.39 is 12.3 Å². The number of nitrogens with two attached hydrogens (primary N) is 1. The topological polar surface area (TPSA) is 52.0 Å². The average molecular weight is 176 g/mol. The molecular weight excluding hydrogens is 166 g/mol. The van der Waals surface area contributed by atoms with Crippen molar-refractivity contribution in [3.05, 3.63) is 17.8 Å². The molecule has 1 unspecified atom stereocenters. The molecule has 1 atom stereocenters. The van der Waals surface area contributed by atoms with Crippen LogP contribution in [0.3, 0.4) is 0 Å². The Morgan fingerprint density at radius 1 is 1.67 bits per heavy atom. The van der Waals surface area contributed by atoms with Crippen LogP contribution in [-0.4, -0.2) is 11.0 Å². The van der Waals surface area contributed by atoms with E-state index in [1.165, 1.54) is 6.20 Å². The fraction of sp³-hybridized carbons (Fsp3) is 0.571. The maximum atomic E-state index is 11.9. The first kappa shape index (κ1) is 9.12. The maximum absolute atomic E-state index is 11.9. The zero-order valence-corrected chi connectivity index (χ0v) is 6.63. The minimum Gasteiger partial charge on any atom is -0.440 e. The molecule has 0 bridgehead atoms. The minimum absolute atomic E-state index is 0.108. The van der Waals surface area contributed by atoms with Crippen LogP contribution in [0.25, 0.3) is 0 Å². The van der Waals surface area contributed by atoms with Crippen molar-refractivity contribution < 1.29 is 13.2 Å². The molecule has 1 aromatic rings. The van der Waals surface area contributed by atoms with E-state index in [9.17, 15) is 8.78 Å². The molecule has 12 heavy (non-hydrogen) atoms. The summed E-state index contributed by atoms with van der Waals surface area (Å²) in [6.45, 7) is 1.77. The van der Waals surface area contributed by atoms with Crippen molar-refractivity contribution >= 4 is 0 Å². The Balaban J connectivity index is 2.64. The van der Waals surface area contributed by atoms with Gasteiger partial charge in [-0.3, -0.25) is 0 Å². The van der Waals surface area contributed by atoms with E-state index in [0.29, 0.717) is 12.2 Å². The Morgan fingerprint density at radius 2 is 2.33 bits per heavy atom. The second-order valence-electron chi connectivity index (χ2n) is 2.65. The molecule has 0 aliphatic rings. The van der Waals surface area contributed by atoms with Crippen LogP contribution in [0, 0.1) is 0 Å². The number of nitrogens with zero attached hydrogens (tertiary/aromatic N) is 1. The highest BCUT2D eigenvalue weighted by Gasteiger charge is 2.14. The second-order valence-corrected chi connectivity index (χ2v) is 2.65. The summed E-state index contributed by atoms with van der Waals surface area (Å²) < 4.78 is 28.6. The van der Waals surface area contributed by atoms with Crippen LogP contribution in [0.5, 0.6) is 0 Å². The van der Waals surface area contributed by atoms with Crippen molar-refractivity contribution in [2.24, 2.45) is 5.73 Å². The summed E-state index contributed by atoms with van der Waals surface area (Å²) in [5.41, 5.74) is 5.43. The Labute approximate surface area is 68.6 Å². The van der Waals surface area contributed by atoms with E-state index in [1.54, 1.807) is 6.92 Å². The number of rotatable bonds is 3. The van der Waals surface area contributed by atoms with Gasteiger partial charge in [-0.1, -0.05) is 0 Å². The lowest BCUT2D eigenvalue weighted by Gasteiger charge is -1.98. The first-order valence-electron chi connectivity index (χ1n) is 3.58. The van der Waals surface area contributed by atoms with Gasteiger partial charge in [0.15, 0.2) is 0 Å². The molecule has 0 aliphatic heterocycles. The summed E-state index contributed by atoms with van der Waals surface area (Å²) >= 11 is 0. The third kappa shape index (κ3) is 2.27. The van der Waals surface area contributed by atoms with Crippen molar-refractivity contribution in [3.63, 3.8) is 0 Å². The smallest absolute Gasteiger partial charge is 0.313 e. The molecule has 0 amide bonds. The number of alkyl halides is 2. The van der Waals surface area contributed by atoms with Crippen LogP contribution < -0.4 is 5.73 Å². The predicted octanol–water partition coefficient (Wildman–Crippen LogP) is 1.50. The Bertz CT molecular complexity index is 247. The molecule has 1 rings (SSSR count). The molecule has 0 saturated heterocycles. The Kier molecular flexibility index (Phi) is 2.75. The van der Waals surface area contributed by atoms with Crippen LogP contribution in [0.1, 0.15) is 25.0 Å². The van der Waals surface area contributed by atoms with E-state index >= 15 is 0 Å². The summed E-state index contributed by atoms with van der Waals surface area (Å²) in [5, 5.41) is 0. The highest BCUT2D eigenvalue weighted by atomic mass is 19.3. The van der Waals surface area contributed by atoms with Gasteiger partial charge in [-0.15, -0.1) is 0 Å². The summed E-state index contributed by atoms with van der Waals surface area (Å²) in [5.74, 6) is -0.133. The standard InChI is InChI=1S/C7H10F2N2O/c1-4(10)2-5-3-11-7(12-5)6(8)9/h3-4,6H,2,10H2,1H3. The highest BCUT2D eigenvalue weighted by molar-refractivity contribution is 4.96. The van der Waals surface area contributed by atoms with Crippen molar-refractivity contribution in [3.8, 4) is 0 Å². The van der Waals surface area contributed by atoms with E-state index in [2.05, 4.69) is 4.98 Å². The summed E-state index contributed by atoms with van der Waals surface area (Å²) in [6.07, 6.45) is -0.934. The van der Waals surface area contributed by atoms with Gasteiger partial charge in [0.25, 0.3) is 5.89 Å². The van der Waals surface area contributed by atoms with E-state index in [0.717, 1.165) is 0 Å². The molecule has 0 fully saturated rings. The molecule has 0 saturated carbocycles. The summed E-state index contributed by atoms with van der Waals surface area (Å²) in [7, 11) is 0. The average Bonchev–Trinajstić information content (AvgIpc) is 2.34. The van der Waals surface area contributed by atoms with Gasteiger partial charge in [0, 0.05) is 12.5 Å². The zero-order valence-electron chi connectivity index (χ0n) is 6.63. The van der Waals surface area contributed by atoms with Gasteiger partial charge in [-0.25, -0.2) is 4.98 Å². The van der Waals surface area contributed by atoms with Crippen molar-refractivity contribution in [1.29, 1.82) is 0 Å². The Morgan fingerprint density at radius 3 is 2.75 bits per heavy atom. The minimum atomic E-state index is -2.65. The van der Waals surface area contributed by atoms with Gasteiger partial charge < -0.3 is 10.2 Å². The molecular formula is C7H10F2N2O. The summed E-state index contributed by atoms with van der Waals surface area (Å²) in [6, 6.07) is -0.108. The quantitative estimate of drug-likeness (QED) is 0.759. The SMILES string of the molecule is CC(N)Cc1cnc(C(F)F)o1. The number of halogens is 2. The van der Waals surface area contributed by atoms with Crippen molar-refractivity contribution in [2.75, 3.05) is 0 Å². The van der Waals surface area contributed by atoms with Gasteiger partial charge in [0.05, 0.1) is 6.20 Å². The van der Waals surface area contributed by atoms with Crippen LogP contribution in [0.4, 0.5) is 8.78 Å². The molecule has 0 radical (unpaired) electrons. The molecule has 68 valence electrons. The third-order valence-electron chi connectivity index (χ3n) is 1.28.